The van der Waals surface area contributed by atoms with Gasteiger partial charge in [-0.05, 0) is 36.7 Å². The van der Waals surface area contributed by atoms with Crippen molar-refractivity contribution in [2.75, 3.05) is 6.07 Å². The highest BCUT2D eigenvalue weighted by molar-refractivity contribution is 9.10. The molecule has 116 valence electrons. The zero-order valence-corrected chi connectivity index (χ0v) is 15.0. The van der Waals surface area contributed by atoms with E-state index in [4.69, 9.17) is 21.1 Å². The molecular weight excluding hydrogens is 382 g/mol. The molecule has 1 aromatic heterocycles. The Morgan fingerprint density at radius 2 is 2.05 bits per heavy atom. The van der Waals surface area contributed by atoms with Crippen LogP contribution in [0.4, 0.5) is 4.79 Å². The van der Waals surface area contributed by atoms with E-state index in [0.29, 0.717) is 22.4 Å². The highest BCUT2D eigenvalue weighted by Gasteiger charge is 2.33. The minimum absolute atomic E-state index is 0.183. The molecule has 2 heterocycles. The van der Waals surface area contributed by atoms with Crippen LogP contribution in [-0.4, -0.2) is 28.6 Å². The van der Waals surface area contributed by atoms with Crippen LogP contribution in [0.2, 0.25) is 0 Å². The Morgan fingerprint density at radius 1 is 1.38 bits per heavy atom. The van der Waals surface area contributed by atoms with Gasteiger partial charge in [0.1, 0.15) is 10.5 Å². The Morgan fingerprint density at radius 3 is 2.57 bits per heavy atom. The number of carbonyl (C=O) groups excluding carboxylic acids is 2. The SMILES string of the molecule is CC(C)(C)OC(=O)N1Cc2sc(C(=O)OCCl)c(Br)c2C1. The zero-order chi connectivity index (χ0) is 15.8. The number of hydrogen-bond donors (Lipinski definition) is 0. The zero-order valence-electron chi connectivity index (χ0n) is 11.9. The average molecular weight is 397 g/mol. The van der Waals surface area contributed by atoms with E-state index in [9.17, 15) is 9.59 Å². The fourth-order valence-corrected chi connectivity index (χ4v) is 4.01. The highest BCUT2D eigenvalue weighted by Crippen LogP contribution is 2.39. The van der Waals surface area contributed by atoms with Gasteiger partial charge in [0.2, 0.25) is 0 Å². The number of thiophene rings is 1. The fraction of sp³-hybridized carbons (Fsp3) is 0.538. The molecule has 1 aliphatic rings. The van der Waals surface area contributed by atoms with Crippen molar-refractivity contribution in [2.45, 2.75) is 39.5 Å². The number of carbonyl (C=O) groups is 2. The third kappa shape index (κ3) is 3.70. The van der Waals surface area contributed by atoms with Crippen LogP contribution in [0.25, 0.3) is 0 Å². The van der Waals surface area contributed by atoms with Gasteiger partial charge in [-0.2, -0.15) is 0 Å². The van der Waals surface area contributed by atoms with Crippen molar-refractivity contribution >= 4 is 50.9 Å². The van der Waals surface area contributed by atoms with Gasteiger partial charge in [0.15, 0.2) is 6.07 Å². The standard InChI is InChI=1S/C13H15BrClNO4S/c1-13(2,3)20-12(18)16-4-7-8(5-16)21-10(9(7)14)11(17)19-6-15/h4-6H2,1-3H3. The molecule has 0 saturated carbocycles. The van der Waals surface area contributed by atoms with E-state index in [1.165, 1.54) is 11.3 Å². The summed E-state index contributed by atoms with van der Waals surface area (Å²) in [6.45, 7) is 6.32. The smallest absolute Gasteiger partial charge is 0.410 e. The van der Waals surface area contributed by atoms with Gasteiger partial charge in [0.25, 0.3) is 0 Å². The molecule has 1 aromatic rings. The second-order valence-corrected chi connectivity index (χ2v) is 7.64. The lowest BCUT2D eigenvalue weighted by Crippen LogP contribution is -2.33. The van der Waals surface area contributed by atoms with Gasteiger partial charge in [-0.1, -0.05) is 11.6 Å². The van der Waals surface area contributed by atoms with Gasteiger partial charge >= 0.3 is 12.1 Å². The molecule has 0 bridgehead atoms. The molecule has 0 saturated heterocycles. The van der Waals surface area contributed by atoms with Gasteiger partial charge in [0, 0.05) is 14.9 Å². The molecule has 0 atom stereocenters. The van der Waals surface area contributed by atoms with Crippen LogP contribution in [0, 0.1) is 0 Å². The predicted molar refractivity (Wildman–Crippen MR) is 83.6 cm³/mol. The third-order valence-electron chi connectivity index (χ3n) is 2.73. The summed E-state index contributed by atoms with van der Waals surface area (Å²) in [7, 11) is 0. The minimum Gasteiger partial charge on any atom is -0.445 e. The summed E-state index contributed by atoms with van der Waals surface area (Å²) in [5.74, 6) is -0.458. The number of ether oxygens (including phenoxy) is 2. The largest absolute Gasteiger partial charge is 0.445 e. The van der Waals surface area contributed by atoms with Crippen molar-refractivity contribution in [3.63, 3.8) is 0 Å². The molecule has 0 spiro atoms. The number of esters is 1. The van der Waals surface area contributed by atoms with E-state index in [-0.39, 0.29) is 12.2 Å². The lowest BCUT2D eigenvalue weighted by molar-refractivity contribution is 0.0242. The van der Waals surface area contributed by atoms with Gasteiger partial charge in [-0.25, -0.2) is 9.59 Å². The van der Waals surface area contributed by atoms with E-state index < -0.39 is 11.6 Å². The third-order valence-corrected chi connectivity index (χ3v) is 5.18. The molecule has 0 fully saturated rings. The summed E-state index contributed by atoms with van der Waals surface area (Å²) < 4.78 is 10.8. The molecule has 1 amide bonds. The van der Waals surface area contributed by atoms with Crippen LogP contribution in [-0.2, 0) is 22.6 Å². The first-order valence-corrected chi connectivity index (χ1v) is 8.38. The van der Waals surface area contributed by atoms with Crippen molar-refractivity contribution < 1.29 is 19.1 Å². The topological polar surface area (TPSA) is 55.8 Å². The van der Waals surface area contributed by atoms with E-state index >= 15 is 0 Å². The Balaban J connectivity index is 2.11. The average Bonchev–Trinajstić information content (AvgIpc) is 2.88. The molecule has 21 heavy (non-hydrogen) atoms. The maximum absolute atomic E-state index is 12.0. The molecule has 1 aliphatic heterocycles. The molecule has 0 unspecified atom stereocenters. The van der Waals surface area contributed by atoms with E-state index in [0.717, 1.165) is 10.4 Å². The molecule has 0 aromatic carbocycles. The molecule has 5 nitrogen and oxygen atoms in total. The Kier molecular flexibility index (Phi) is 4.85. The van der Waals surface area contributed by atoms with Crippen molar-refractivity contribution in [2.24, 2.45) is 0 Å². The van der Waals surface area contributed by atoms with Crippen molar-refractivity contribution in [1.82, 2.24) is 4.90 Å². The van der Waals surface area contributed by atoms with Crippen LogP contribution < -0.4 is 0 Å². The number of hydrogen-bond acceptors (Lipinski definition) is 5. The summed E-state index contributed by atoms with van der Waals surface area (Å²) in [6.07, 6.45) is -0.359. The number of fused-ring (bicyclic) bond motifs is 1. The van der Waals surface area contributed by atoms with Crippen LogP contribution in [0.3, 0.4) is 0 Å². The maximum atomic E-state index is 12.0. The monoisotopic (exact) mass is 395 g/mol. The molecule has 0 radical (unpaired) electrons. The Hall–Kier alpha value is -0.790. The van der Waals surface area contributed by atoms with Crippen molar-refractivity contribution in [1.29, 1.82) is 0 Å². The Labute approximate surface area is 140 Å². The van der Waals surface area contributed by atoms with Gasteiger partial charge in [-0.3, -0.25) is 4.90 Å². The first-order chi connectivity index (χ1) is 9.73. The lowest BCUT2D eigenvalue weighted by atomic mass is 10.2. The van der Waals surface area contributed by atoms with Crippen LogP contribution in [0.5, 0.6) is 0 Å². The number of rotatable bonds is 2. The fourth-order valence-electron chi connectivity index (χ4n) is 1.90. The summed E-state index contributed by atoms with van der Waals surface area (Å²) in [5.41, 5.74) is 0.395. The predicted octanol–water partition coefficient (Wildman–Crippen LogP) is 4.11. The van der Waals surface area contributed by atoms with Crippen molar-refractivity contribution in [3.8, 4) is 0 Å². The van der Waals surface area contributed by atoms with E-state index in [1.54, 1.807) is 4.90 Å². The molecule has 2 rings (SSSR count). The summed E-state index contributed by atoms with van der Waals surface area (Å²) in [5, 5.41) is 0. The molecule has 0 aliphatic carbocycles. The lowest BCUT2D eigenvalue weighted by Gasteiger charge is -2.24. The first kappa shape index (κ1) is 16.6. The molecule has 0 N–H and O–H groups in total. The number of alkyl halides is 1. The maximum Gasteiger partial charge on any atom is 0.410 e. The van der Waals surface area contributed by atoms with Crippen LogP contribution in [0.15, 0.2) is 4.47 Å². The Bertz CT molecular complexity index is 581. The summed E-state index contributed by atoms with van der Waals surface area (Å²) in [6, 6.07) is -0.183. The van der Waals surface area contributed by atoms with Gasteiger partial charge in [-0.15, -0.1) is 11.3 Å². The number of halogens is 2. The van der Waals surface area contributed by atoms with Gasteiger partial charge in [0.05, 0.1) is 13.1 Å². The van der Waals surface area contributed by atoms with Crippen LogP contribution in [0.1, 0.15) is 40.9 Å². The molecule has 8 heteroatoms. The second kappa shape index (κ2) is 6.14. The quantitative estimate of drug-likeness (QED) is 0.557. The van der Waals surface area contributed by atoms with Gasteiger partial charge < -0.3 is 9.47 Å². The van der Waals surface area contributed by atoms with E-state index in [2.05, 4.69) is 15.9 Å². The molecular formula is C13H15BrClNO4S. The van der Waals surface area contributed by atoms with Crippen LogP contribution >= 0.6 is 38.9 Å². The second-order valence-electron chi connectivity index (χ2n) is 5.52. The number of amides is 1. The highest BCUT2D eigenvalue weighted by atomic mass is 79.9. The number of nitrogens with zero attached hydrogens (tertiary/aromatic N) is 1. The first-order valence-electron chi connectivity index (χ1n) is 6.24. The summed E-state index contributed by atoms with van der Waals surface area (Å²) in [4.78, 5) is 26.8. The summed E-state index contributed by atoms with van der Waals surface area (Å²) >= 11 is 10.1. The van der Waals surface area contributed by atoms with Crippen molar-refractivity contribution in [3.05, 3.63) is 19.8 Å². The van der Waals surface area contributed by atoms with E-state index in [1.807, 2.05) is 20.8 Å². The minimum atomic E-state index is -0.528. The normalized spacial score (nSPS) is 14.0.